The molecule has 0 saturated carbocycles. The maximum absolute atomic E-state index is 10.0. The summed E-state index contributed by atoms with van der Waals surface area (Å²) in [6.07, 6.45) is 0. The van der Waals surface area contributed by atoms with Crippen LogP contribution in [0.5, 0.6) is 0 Å². The molecule has 2 N–H and O–H groups in total. The summed E-state index contributed by atoms with van der Waals surface area (Å²) in [5, 5.41) is 0. The minimum Gasteiger partial charge on any atom is -0.321 e. The van der Waals surface area contributed by atoms with Gasteiger partial charge < -0.3 is 5.73 Å². The molecule has 5 nitrogen and oxygen atoms in total. The van der Waals surface area contributed by atoms with Crippen molar-refractivity contribution in [2.24, 2.45) is 5.73 Å². The van der Waals surface area contributed by atoms with Crippen molar-refractivity contribution in [1.29, 1.82) is 0 Å². The Kier molecular flexibility index (Phi) is 3.74. The largest absolute Gasteiger partial charge is 0.448 e. The maximum Gasteiger partial charge on any atom is 0.448 e. The van der Waals surface area contributed by atoms with Crippen LogP contribution in [0.2, 0.25) is 0 Å². The van der Waals surface area contributed by atoms with Crippen LogP contribution in [-0.4, -0.2) is 17.9 Å². The third kappa shape index (κ3) is 5.05. The summed E-state index contributed by atoms with van der Waals surface area (Å²) < 4.78 is 0. The van der Waals surface area contributed by atoms with E-state index in [0.29, 0.717) is 0 Å². The number of rotatable bonds is 1. The molecule has 0 amide bonds. The Morgan fingerprint density at radius 1 is 1.44 bits per heavy atom. The van der Waals surface area contributed by atoms with E-state index in [1.165, 1.54) is 0 Å². The van der Waals surface area contributed by atoms with E-state index < -0.39 is 11.4 Å². The van der Waals surface area contributed by atoms with Gasteiger partial charge in [-0.15, -0.1) is 0 Å². The van der Waals surface area contributed by atoms with Crippen molar-refractivity contribution in [3.05, 3.63) is 0 Å². The Hall–Kier alpha value is -0.810. The molecular formula is C3H4ClNO4. The molecule has 0 rings (SSSR count). The summed E-state index contributed by atoms with van der Waals surface area (Å²) in [7, 11) is 0. The van der Waals surface area contributed by atoms with Crippen molar-refractivity contribution in [1.82, 2.24) is 0 Å². The lowest BCUT2D eigenvalue weighted by Crippen LogP contribution is -2.17. The lowest BCUT2D eigenvalue weighted by molar-refractivity contribution is -0.225. The molecule has 0 heterocycles. The number of halogens is 1. The van der Waals surface area contributed by atoms with Gasteiger partial charge in [-0.1, -0.05) is 0 Å². The second-order valence-corrected chi connectivity index (χ2v) is 1.29. The molecule has 0 aliphatic rings. The summed E-state index contributed by atoms with van der Waals surface area (Å²) in [4.78, 5) is 27.0. The molecule has 0 saturated heterocycles. The number of carbonyl (C=O) groups is 2. The predicted molar refractivity (Wildman–Crippen MR) is 27.5 cm³/mol. The first-order valence-corrected chi connectivity index (χ1v) is 2.31. The van der Waals surface area contributed by atoms with Crippen LogP contribution >= 0.6 is 11.6 Å². The molecule has 9 heavy (non-hydrogen) atoms. The fourth-order valence-electron chi connectivity index (χ4n) is 0.113. The third-order valence-electron chi connectivity index (χ3n) is 0.367. The quantitative estimate of drug-likeness (QED) is 0.320. The molecule has 0 fully saturated rings. The second kappa shape index (κ2) is 4.11. The zero-order valence-electron chi connectivity index (χ0n) is 4.30. The van der Waals surface area contributed by atoms with Gasteiger partial charge in [0.25, 0.3) is 0 Å². The normalized spacial score (nSPS) is 8.22. The van der Waals surface area contributed by atoms with E-state index in [-0.39, 0.29) is 6.54 Å². The van der Waals surface area contributed by atoms with E-state index in [2.05, 4.69) is 21.4 Å². The molecule has 0 aromatic carbocycles. The lowest BCUT2D eigenvalue weighted by atomic mass is 10.7. The van der Waals surface area contributed by atoms with Crippen molar-refractivity contribution in [3.8, 4) is 0 Å². The van der Waals surface area contributed by atoms with Crippen LogP contribution in [-0.2, 0) is 14.6 Å². The molecule has 0 aromatic heterocycles. The van der Waals surface area contributed by atoms with Crippen molar-refractivity contribution >= 4 is 23.0 Å². The van der Waals surface area contributed by atoms with Gasteiger partial charge in [0.1, 0.15) is 0 Å². The van der Waals surface area contributed by atoms with E-state index in [4.69, 9.17) is 5.73 Å². The zero-order valence-corrected chi connectivity index (χ0v) is 5.05. The molecular weight excluding hydrogens is 149 g/mol. The van der Waals surface area contributed by atoms with Gasteiger partial charge in [0.15, 0.2) is 0 Å². The fraction of sp³-hybridized carbons (Fsp3) is 0.333. The average Bonchev–Trinajstić information content (AvgIpc) is 1.83. The molecule has 0 radical (unpaired) electrons. The van der Waals surface area contributed by atoms with Gasteiger partial charge in [-0.05, 0) is 0 Å². The summed E-state index contributed by atoms with van der Waals surface area (Å²) in [6, 6.07) is 0. The summed E-state index contributed by atoms with van der Waals surface area (Å²) in [6.45, 7) is -0.357. The molecule has 6 heteroatoms. The molecule has 0 spiro atoms. The van der Waals surface area contributed by atoms with Crippen LogP contribution in [0.1, 0.15) is 0 Å². The SMILES string of the molecule is NCC(=O)OOC(=O)Cl. The van der Waals surface area contributed by atoms with Gasteiger partial charge >= 0.3 is 11.4 Å². The average molecular weight is 154 g/mol. The predicted octanol–water partition coefficient (Wildman–Crippen LogP) is -0.221. The zero-order chi connectivity index (χ0) is 7.28. The van der Waals surface area contributed by atoms with Crippen LogP contribution in [0.3, 0.4) is 0 Å². The van der Waals surface area contributed by atoms with Crippen molar-refractivity contribution in [2.75, 3.05) is 6.54 Å². The van der Waals surface area contributed by atoms with Crippen LogP contribution in [0.15, 0.2) is 0 Å². The van der Waals surface area contributed by atoms with E-state index in [1.807, 2.05) is 0 Å². The lowest BCUT2D eigenvalue weighted by Gasteiger charge is -1.94. The standard InChI is InChI=1S/C3H4ClNO4/c4-3(7)9-8-2(6)1-5/h1,5H2. The topological polar surface area (TPSA) is 78.6 Å². The molecule has 0 aliphatic heterocycles. The van der Waals surface area contributed by atoms with Gasteiger partial charge in [-0.25, -0.2) is 19.4 Å². The Balaban J connectivity index is 3.28. The molecule has 52 valence electrons. The van der Waals surface area contributed by atoms with Crippen LogP contribution in [0.25, 0.3) is 0 Å². The van der Waals surface area contributed by atoms with Crippen LogP contribution in [0, 0.1) is 0 Å². The molecule has 0 atom stereocenters. The van der Waals surface area contributed by atoms with Gasteiger partial charge in [0.05, 0.1) is 6.54 Å². The van der Waals surface area contributed by atoms with E-state index in [1.54, 1.807) is 0 Å². The first kappa shape index (κ1) is 8.19. The summed E-state index contributed by atoms with van der Waals surface area (Å²) in [5.41, 5.74) is 3.54. The first-order chi connectivity index (χ1) is 4.16. The minimum atomic E-state index is -1.21. The number of carbonyl (C=O) groups excluding carboxylic acids is 2. The monoisotopic (exact) mass is 153 g/mol. The van der Waals surface area contributed by atoms with Crippen molar-refractivity contribution in [2.45, 2.75) is 0 Å². The van der Waals surface area contributed by atoms with Crippen LogP contribution < -0.4 is 5.73 Å². The molecule has 0 bridgehead atoms. The van der Waals surface area contributed by atoms with Crippen molar-refractivity contribution in [3.63, 3.8) is 0 Å². The van der Waals surface area contributed by atoms with Gasteiger partial charge in [0.2, 0.25) is 0 Å². The molecule has 0 aromatic rings. The van der Waals surface area contributed by atoms with Gasteiger partial charge in [-0.3, -0.25) is 0 Å². The minimum absolute atomic E-state index is 0.357. The van der Waals surface area contributed by atoms with E-state index in [0.717, 1.165) is 0 Å². The van der Waals surface area contributed by atoms with E-state index in [9.17, 15) is 9.59 Å². The highest BCUT2D eigenvalue weighted by Crippen LogP contribution is 1.87. The highest BCUT2D eigenvalue weighted by atomic mass is 35.5. The number of hydrogen-bond acceptors (Lipinski definition) is 5. The van der Waals surface area contributed by atoms with Crippen molar-refractivity contribution < 1.29 is 19.4 Å². The Labute approximate surface area is 55.6 Å². The van der Waals surface area contributed by atoms with Crippen LogP contribution in [0.4, 0.5) is 4.79 Å². The number of hydrogen-bond donors (Lipinski definition) is 1. The first-order valence-electron chi connectivity index (χ1n) is 1.93. The molecule has 0 unspecified atom stereocenters. The fourth-order valence-corrected chi connectivity index (χ4v) is 0.145. The maximum atomic E-state index is 10.0. The Morgan fingerprint density at radius 3 is 2.33 bits per heavy atom. The van der Waals surface area contributed by atoms with Gasteiger partial charge in [0, 0.05) is 11.6 Å². The summed E-state index contributed by atoms with van der Waals surface area (Å²) in [5.74, 6) is -0.857. The highest BCUT2D eigenvalue weighted by molar-refractivity contribution is 6.61. The highest BCUT2D eigenvalue weighted by Gasteiger charge is 2.02. The second-order valence-electron chi connectivity index (χ2n) is 0.980. The Morgan fingerprint density at radius 2 is 2.00 bits per heavy atom. The number of nitrogens with two attached hydrogens (primary N) is 1. The third-order valence-corrected chi connectivity index (χ3v) is 0.430. The van der Waals surface area contributed by atoms with E-state index >= 15 is 0 Å². The van der Waals surface area contributed by atoms with Gasteiger partial charge in [-0.2, -0.15) is 0 Å². The summed E-state index contributed by atoms with van der Waals surface area (Å²) >= 11 is 4.60. The smallest absolute Gasteiger partial charge is 0.321 e. The molecule has 0 aliphatic carbocycles. The Bertz CT molecular complexity index is 125.